The van der Waals surface area contributed by atoms with Gasteiger partial charge in [0.05, 0.1) is 5.03 Å². The summed E-state index contributed by atoms with van der Waals surface area (Å²) in [5, 5.41) is 0.414. The van der Waals surface area contributed by atoms with Crippen molar-refractivity contribution in [2.24, 2.45) is 0 Å². The van der Waals surface area contributed by atoms with Crippen LogP contribution in [0.15, 0.2) is 23.2 Å². The summed E-state index contributed by atoms with van der Waals surface area (Å²) >= 11 is 1.29. The quantitative estimate of drug-likeness (QED) is 0.690. The van der Waals surface area contributed by atoms with Crippen LogP contribution in [0, 0.1) is 0 Å². The van der Waals surface area contributed by atoms with E-state index in [1.807, 2.05) is 6.92 Å². The Morgan fingerprint density at radius 1 is 1.38 bits per heavy atom. The zero-order valence-corrected chi connectivity index (χ0v) is 7.75. The molecule has 0 saturated heterocycles. The van der Waals surface area contributed by atoms with Crippen LogP contribution in [-0.2, 0) is 6.18 Å². The molecular weight excluding hydrogens is 199 g/mol. The molecule has 0 aromatic carbocycles. The van der Waals surface area contributed by atoms with Crippen LogP contribution in [-0.4, -0.2) is 10.7 Å². The van der Waals surface area contributed by atoms with Gasteiger partial charge in [-0.15, -0.1) is 11.8 Å². The fraction of sp³-hybridized carbons (Fsp3) is 0.375. The lowest BCUT2D eigenvalue weighted by atomic mass is 10.3. The topological polar surface area (TPSA) is 12.9 Å². The Hall–Kier alpha value is -0.710. The Morgan fingerprint density at radius 3 is 2.62 bits per heavy atom. The molecule has 0 aliphatic carbocycles. The number of rotatable bonds is 2. The summed E-state index contributed by atoms with van der Waals surface area (Å²) in [6.07, 6.45) is -4.34. The van der Waals surface area contributed by atoms with Crippen molar-refractivity contribution in [3.05, 3.63) is 23.9 Å². The number of halogens is 3. The number of thioether (sulfide) groups is 1. The van der Waals surface area contributed by atoms with E-state index in [4.69, 9.17) is 0 Å². The molecule has 0 unspecified atom stereocenters. The molecule has 0 amide bonds. The van der Waals surface area contributed by atoms with Gasteiger partial charge in [-0.2, -0.15) is 13.2 Å². The van der Waals surface area contributed by atoms with Crippen molar-refractivity contribution in [3.8, 4) is 0 Å². The Kier molecular flexibility index (Phi) is 3.19. The van der Waals surface area contributed by atoms with Crippen LogP contribution >= 0.6 is 11.8 Å². The van der Waals surface area contributed by atoms with E-state index in [1.54, 1.807) is 6.07 Å². The van der Waals surface area contributed by atoms with Crippen molar-refractivity contribution in [1.82, 2.24) is 4.98 Å². The number of pyridine rings is 1. The second kappa shape index (κ2) is 4.00. The van der Waals surface area contributed by atoms with E-state index in [0.29, 0.717) is 10.8 Å². The van der Waals surface area contributed by atoms with Crippen molar-refractivity contribution >= 4 is 11.8 Å². The highest BCUT2D eigenvalue weighted by Gasteiger charge is 2.32. The summed E-state index contributed by atoms with van der Waals surface area (Å²) in [6.45, 7) is 1.87. The van der Waals surface area contributed by atoms with Gasteiger partial charge in [0.1, 0.15) is 5.69 Å². The van der Waals surface area contributed by atoms with E-state index in [0.717, 1.165) is 6.07 Å². The van der Waals surface area contributed by atoms with Gasteiger partial charge in [0.2, 0.25) is 0 Å². The predicted octanol–water partition coefficient (Wildman–Crippen LogP) is 3.21. The van der Waals surface area contributed by atoms with E-state index in [1.165, 1.54) is 17.8 Å². The molecule has 0 aliphatic rings. The van der Waals surface area contributed by atoms with E-state index in [-0.39, 0.29) is 0 Å². The second-order valence-electron chi connectivity index (χ2n) is 2.29. The molecular formula is C8H8F3NS. The molecule has 1 nitrogen and oxygen atoms in total. The van der Waals surface area contributed by atoms with Gasteiger partial charge in [-0.05, 0) is 17.9 Å². The molecule has 0 radical (unpaired) electrons. The fourth-order valence-electron chi connectivity index (χ4n) is 0.801. The van der Waals surface area contributed by atoms with Crippen molar-refractivity contribution < 1.29 is 13.2 Å². The third-order valence-corrected chi connectivity index (χ3v) is 2.12. The summed E-state index contributed by atoms with van der Waals surface area (Å²) in [6, 6.07) is 3.91. The second-order valence-corrected chi connectivity index (χ2v) is 3.58. The molecule has 1 rings (SSSR count). The SMILES string of the molecule is CCSc1cccc(C(F)(F)F)n1. The molecule has 13 heavy (non-hydrogen) atoms. The zero-order valence-electron chi connectivity index (χ0n) is 6.93. The van der Waals surface area contributed by atoms with Gasteiger partial charge in [-0.25, -0.2) is 4.98 Å². The maximum atomic E-state index is 12.1. The minimum atomic E-state index is -4.34. The minimum Gasteiger partial charge on any atom is -0.237 e. The molecule has 1 aromatic rings. The monoisotopic (exact) mass is 207 g/mol. The van der Waals surface area contributed by atoms with Gasteiger partial charge in [0, 0.05) is 0 Å². The van der Waals surface area contributed by atoms with E-state index in [2.05, 4.69) is 4.98 Å². The Balaban J connectivity index is 2.92. The number of aromatic nitrogens is 1. The van der Waals surface area contributed by atoms with E-state index >= 15 is 0 Å². The van der Waals surface area contributed by atoms with Crippen LogP contribution in [0.25, 0.3) is 0 Å². The van der Waals surface area contributed by atoms with Gasteiger partial charge in [0.25, 0.3) is 0 Å². The lowest BCUT2D eigenvalue weighted by Gasteiger charge is -2.06. The highest BCUT2D eigenvalue weighted by molar-refractivity contribution is 7.99. The van der Waals surface area contributed by atoms with Crippen LogP contribution in [0.1, 0.15) is 12.6 Å². The smallest absolute Gasteiger partial charge is 0.237 e. The third kappa shape index (κ3) is 2.91. The number of hydrogen-bond acceptors (Lipinski definition) is 2. The number of hydrogen-bond donors (Lipinski definition) is 0. The maximum Gasteiger partial charge on any atom is 0.433 e. The average Bonchev–Trinajstić information content (AvgIpc) is 2.04. The molecule has 0 atom stereocenters. The van der Waals surface area contributed by atoms with Crippen LogP contribution in [0.5, 0.6) is 0 Å². The van der Waals surface area contributed by atoms with E-state index in [9.17, 15) is 13.2 Å². The first-order valence-corrected chi connectivity index (χ1v) is 4.69. The van der Waals surface area contributed by atoms with Gasteiger partial charge in [-0.1, -0.05) is 13.0 Å². The van der Waals surface area contributed by atoms with Crippen LogP contribution < -0.4 is 0 Å². The molecule has 1 heterocycles. The highest BCUT2D eigenvalue weighted by Crippen LogP contribution is 2.28. The van der Waals surface area contributed by atoms with Crippen LogP contribution in [0.3, 0.4) is 0 Å². The summed E-state index contributed by atoms with van der Waals surface area (Å²) in [4.78, 5) is 3.47. The molecule has 0 N–H and O–H groups in total. The Bertz CT molecular complexity index is 285. The van der Waals surface area contributed by atoms with Crippen molar-refractivity contribution in [2.75, 3.05) is 5.75 Å². The highest BCUT2D eigenvalue weighted by atomic mass is 32.2. The fourth-order valence-corrected chi connectivity index (χ4v) is 1.43. The van der Waals surface area contributed by atoms with Gasteiger partial charge >= 0.3 is 6.18 Å². The molecule has 0 spiro atoms. The van der Waals surface area contributed by atoms with Crippen molar-refractivity contribution in [1.29, 1.82) is 0 Å². The lowest BCUT2D eigenvalue weighted by Crippen LogP contribution is -2.07. The third-order valence-electron chi connectivity index (χ3n) is 1.31. The number of alkyl halides is 3. The van der Waals surface area contributed by atoms with Crippen molar-refractivity contribution in [3.63, 3.8) is 0 Å². The first-order chi connectivity index (χ1) is 6.04. The summed E-state index contributed by atoms with van der Waals surface area (Å²) in [7, 11) is 0. The standard InChI is InChI=1S/C8H8F3NS/c1-2-13-7-5-3-4-6(12-7)8(9,10)11/h3-5H,2H2,1H3. The molecule has 0 saturated carbocycles. The first kappa shape index (κ1) is 10.4. The maximum absolute atomic E-state index is 12.1. The molecule has 5 heteroatoms. The Labute approximate surface area is 78.4 Å². The normalized spacial score (nSPS) is 11.7. The Morgan fingerprint density at radius 2 is 2.08 bits per heavy atom. The summed E-state index contributed by atoms with van der Waals surface area (Å²) < 4.78 is 36.4. The summed E-state index contributed by atoms with van der Waals surface area (Å²) in [5.74, 6) is 0.717. The first-order valence-electron chi connectivity index (χ1n) is 3.71. The zero-order chi connectivity index (χ0) is 9.90. The van der Waals surface area contributed by atoms with Gasteiger partial charge in [-0.3, -0.25) is 0 Å². The molecule has 0 aliphatic heterocycles. The minimum absolute atomic E-state index is 0.414. The average molecular weight is 207 g/mol. The molecule has 72 valence electrons. The van der Waals surface area contributed by atoms with Gasteiger partial charge < -0.3 is 0 Å². The van der Waals surface area contributed by atoms with Gasteiger partial charge in [0.15, 0.2) is 0 Å². The predicted molar refractivity (Wildman–Crippen MR) is 45.6 cm³/mol. The van der Waals surface area contributed by atoms with E-state index < -0.39 is 11.9 Å². The number of nitrogens with zero attached hydrogens (tertiary/aromatic N) is 1. The molecule has 1 aromatic heterocycles. The largest absolute Gasteiger partial charge is 0.433 e. The van der Waals surface area contributed by atoms with Crippen molar-refractivity contribution in [2.45, 2.75) is 18.1 Å². The van der Waals surface area contributed by atoms with Crippen LogP contribution in [0.2, 0.25) is 0 Å². The summed E-state index contributed by atoms with van der Waals surface area (Å²) in [5.41, 5.74) is -0.828. The lowest BCUT2D eigenvalue weighted by molar-refractivity contribution is -0.141. The molecule has 0 bridgehead atoms. The molecule has 0 fully saturated rings. The van der Waals surface area contributed by atoms with Crippen LogP contribution in [0.4, 0.5) is 13.2 Å².